The van der Waals surface area contributed by atoms with E-state index in [0.717, 1.165) is 11.3 Å². The highest BCUT2D eigenvalue weighted by molar-refractivity contribution is 5.77. The van der Waals surface area contributed by atoms with Crippen molar-refractivity contribution in [3.05, 3.63) is 42.5 Å². The zero-order chi connectivity index (χ0) is 16.4. The lowest BCUT2D eigenvalue weighted by molar-refractivity contribution is -0.141. The molecule has 0 saturated carbocycles. The lowest BCUT2D eigenvalue weighted by atomic mass is 9.99. The van der Waals surface area contributed by atoms with Crippen LogP contribution < -0.4 is 10.1 Å². The molecule has 0 bridgehead atoms. The summed E-state index contributed by atoms with van der Waals surface area (Å²) in [7, 11) is 0. The molecule has 0 aromatic heterocycles. The number of allylic oxidation sites excluding steroid dienone is 1. The molecule has 1 rings (SSSR count). The molecule has 2 N–H and O–H groups in total. The number of nitrogens with one attached hydrogen (secondary N) is 1. The molecule has 0 radical (unpaired) electrons. The third-order valence-electron chi connectivity index (χ3n) is 3.19. The molecule has 0 aliphatic heterocycles. The molecule has 5 heteroatoms. The normalized spacial score (nSPS) is 11.5. The zero-order valence-electron chi connectivity index (χ0n) is 12.9. The van der Waals surface area contributed by atoms with Crippen molar-refractivity contribution in [1.82, 2.24) is 5.32 Å². The van der Waals surface area contributed by atoms with E-state index in [-0.39, 0.29) is 12.5 Å². The Hall–Kier alpha value is -2.30. The Kier molecular flexibility index (Phi) is 7.75. The van der Waals surface area contributed by atoms with Gasteiger partial charge in [0.2, 0.25) is 5.91 Å². The van der Waals surface area contributed by atoms with Crippen molar-refractivity contribution in [1.29, 1.82) is 0 Å². The van der Waals surface area contributed by atoms with Crippen molar-refractivity contribution in [2.45, 2.75) is 26.2 Å². The Bertz CT molecular complexity index is 496. The van der Waals surface area contributed by atoms with E-state index >= 15 is 0 Å². The molecule has 22 heavy (non-hydrogen) atoms. The maximum atomic E-state index is 11.5. The summed E-state index contributed by atoms with van der Waals surface area (Å²) < 4.78 is 5.35. The molecule has 0 fully saturated rings. The molecule has 1 aromatic rings. The minimum absolute atomic E-state index is 0.124. The van der Waals surface area contributed by atoms with Crippen molar-refractivity contribution in [2.75, 3.05) is 13.2 Å². The van der Waals surface area contributed by atoms with E-state index in [9.17, 15) is 14.7 Å². The number of carbonyl (C=O) groups is 2. The molecule has 1 aromatic carbocycles. The number of hydrogen-bond donors (Lipinski definition) is 2. The molecule has 0 heterocycles. The lowest BCUT2D eigenvalue weighted by Gasteiger charge is -2.14. The summed E-state index contributed by atoms with van der Waals surface area (Å²) in [5, 5.41) is 11.9. The van der Waals surface area contributed by atoms with Crippen LogP contribution in [-0.2, 0) is 16.0 Å². The van der Waals surface area contributed by atoms with Gasteiger partial charge in [0, 0.05) is 13.0 Å². The van der Waals surface area contributed by atoms with E-state index in [1.165, 1.54) is 0 Å². The molecule has 1 atom stereocenters. The van der Waals surface area contributed by atoms with Gasteiger partial charge in [0.15, 0.2) is 0 Å². The average Bonchev–Trinajstić information content (AvgIpc) is 2.51. The molecule has 5 nitrogen and oxygen atoms in total. The Morgan fingerprint density at radius 1 is 1.36 bits per heavy atom. The van der Waals surface area contributed by atoms with Crippen LogP contribution in [0.15, 0.2) is 36.9 Å². The second-order valence-electron chi connectivity index (χ2n) is 4.95. The zero-order valence-corrected chi connectivity index (χ0v) is 12.9. The van der Waals surface area contributed by atoms with E-state index in [2.05, 4.69) is 11.9 Å². The van der Waals surface area contributed by atoms with Gasteiger partial charge >= 0.3 is 5.97 Å². The van der Waals surface area contributed by atoms with Crippen LogP contribution >= 0.6 is 0 Å². The summed E-state index contributed by atoms with van der Waals surface area (Å²) in [5.74, 6) is -0.961. The second kappa shape index (κ2) is 9.60. The third kappa shape index (κ3) is 6.43. The molecule has 120 valence electrons. The fraction of sp³-hybridized carbons (Fsp3) is 0.412. The van der Waals surface area contributed by atoms with Crippen molar-refractivity contribution >= 4 is 11.9 Å². The van der Waals surface area contributed by atoms with E-state index in [4.69, 9.17) is 4.74 Å². The Balaban J connectivity index is 2.54. The van der Waals surface area contributed by atoms with Gasteiger partial charge in [0.05, 0.1) is 12.5 Å². The molecule has 1 unspecified atom stereocenters. The average molecular weight is 305 g/mol. The highest BCUT2D eigenvalue weighted by atomic mass is 16.5. The molecule has 0 saturated heterocycles. The van der Waals surface area contributed by atoms with Crippen LogP contribution in [0.5, 0.6) is 5.75 Å². The van der Waals surface area contributed by atoms with Gasteiger partial charge in [0.1, 0.15) is 5.75 Å². The first kappa shape index (κ1) is 17.8. The minimum atomic E-state index is -0.919. The maximum Gasteiger partial charge on any atom is 0.308 e. The topological polar surface area (TPSA) is 75.6 Å². The van der Waals surface area contributed by atoms with Crippen LogP contribution in [-0.4, -0.2) is 30.1 Å². The van der Waals surface area contributed by atoms with Crippen LogP contribution in [0.1, 0.15) is 25.3 Å². The van der Waals surface area contributed by atoms with Gasteiger partial charge < -0.3 is 15.2 Å². The van der Waals surface area contributed by atoms with Crippen molar-refractivity contribution in [3.8, 4) is 5.75 Å². The predicted molar refractivity (Wildman–Crippen MR) is 84.9 cm³/mol. The minimum Gasteiger partial charge on any atom is -0.494 e. The summed E-state index contributed by atoms with van der Waals surface area (Å²) in [6, 6.07) is 7.34. The predicted octanol–water partition coefficient (Wildman–Crippen LogP) is 2.41. The lowest BCUT2D eigenvalue weighted by Crippen LogP contribution is -2.33. The first-order valence-electron chi connectivity index (χ1n) is 7.39. The first-order valence-corrected chi connectivity index (χ1v) is 7.39. The standard InChI is InChI=1S/C17H23NO4/c1-3-5-6-16(19)18-12-14(17(20)21)11-13-7-9-15(10-8-13)22-4-2/h3,7-10,14H,1,4-6,11-12H2,2H3,(H,18,19)(H,20,21). The molecule has 0 aliphatic carbocycles. The van der Waals surface area contributed by atoms with Crippen LogP contribution in [0.3, 0.4) is 0 Å². The fourth-order valence-electron chi connectivity index (χ4n) is 1.98. The third-order valence-corrected chi connectivity index (χ3v) is 3.19. The van der Waals surface area contributed by atoms with Crippen molar-refractivity contribution in [3.63, 3.8) is 0 Å². The van der Waals surface area contributed by atoms with E-state index in [0.29, 0.717) is 25.9 Å². The monoisotopic (exact) mass is 305 g/mol. The summed E-state index contributed by atoms with van der Waals surface area (Å²) in [6.45, 7) is 6.17. The number of carboxylic acid groups (broad SMARTS) is 1. The summed E-state index contributed by atoms with van der Waals surface area (Å²) in [4.78, 5) is 22.8. The number of rotatable bonds is 10. The number of aliphatic carboxylic acids is 1. The van der Waals surface area contributed by atoms with Gasteiger partial charge in [-0.2, -0.15) is 0 Å². The van der Waals surface area contributed by atoms with Crippen LogP contribution in [0.2, 0.25) is 0 Å². The number of carbonyl (C=O) groups excluding carboxylic acids is 1. The smallest absolute Gasteiger partial charge is 0.308 e. The fourth-order valence-corrected chi connectivity index (χ4v) is 1.98. The van der Waals surface area contributed by atoms with Gasteiger partial charge in [-0.1, -0.05) is 18.2 Å². The first-order chi connectivity index (χ1) is 10.6. The SMILES string of the molecule is C=CCCC(=O)NCC(Cc1ccc(OCC)cc1)C(=O)O. The van der Waals surface area contributed by atoms with Gasteiger partial charge in [-0.15, -0.1) is 6.58 Å². The highest BCUT2D eigenvalue weighted by Gasteiger charge is 2.18. The number of carboxylic acids is 1. The number of ether oxygens (including phenoxy) is 1. The van der Waals surface area contributed by atoms with E-state index in [1.807, 2.05) is 31.2 Å². The largest absolute Gasteiger partial charge is 0.494 e. The molecular formula is C17H23NO4. The van der Waals surface area contributed by atoms with Gasteiger partial charge in [0.25, 0.3) is 0 Å². The second-order valence-corrected chi connectivity index (χ2v) is 4.95. The van der Waals surface area contributed by atoms with Crippen molar-refractivity contribution in [2.24, 2.45) is 5.92 Å². The highest BCUT2D eigenvalue weighted by Crippen LogP contribution is 2.15. The molecule has 0 spiro atoms. The van der Waals surface area contributed by atoms with Crippen LogP contribution in [0, 0.1) is 5.92 Å². The van der Waals surface area contributed by atoms with Crippen molar-refractivity contribution < 1.29 is 19.4 Å². The molecule has 0 aliphatic rings. The Morgan fingerprint density at radius 2 is 2.05 bits per heavy atom. The summed E-state index contributed by atoms with van der Waals surface area (Å²) in [6.07, 6.45) is 2.94. The summed E-state index contributed by atoms with van der Waals surface area (Å²) >= 11 is 0. The quantitative estimate of drug-likeness (QED) is 0.651. The number of benzene rings is 1. The summed E-state index contributed by atoms with van der Waals surface area (Å²) in [5.41, 5.74) is 0.899. The number of hydrogen-bond acceptors (Lipinski definition) is 3. The molecular weight excluding hydrogens is 282 g/mol. The van der Waals surface area contributed by atoms with Gasteiger partial charge in [-0.25, -0.2) is 0 Å². The van der Waals surface area contributed by atoms with E-state index < -0.39 is 11.9 Å². The van der Waals surface area contributed by atoms with Gasteiger partial charge in [-0.3, -0.25) is 9.59 Å². The Morgan fingerprint density at radius 3 is 2.59 bits per heavy atom. The molecule has 1 amide bonds. The van der Waals surface area contributed by atoms with Crippen LogP contribution in [0.25, 0.3) is 0 Å². The van der Waals surface area contributed by atoms with Gasteiger partial charge in [-0.05, 0) is 37.5 Å². The van der Waals surface area contributed by atoms with Crippen LogP contribution in [0.4, 0.5) is 0 Å². The maximum absolute atomic E-state index is 11.5. The van der Waals surface area contributed by atoms with E-state index in [1.54, 1.807) is 6.08 Å². The number of amides is 1. The Labute approximate surface area is 131 Å².